The fraction of sp³-hybridized carbons (Fsp3) is 0.348. The van der Waals surface area contributed by atoms with Gasteiger partial charge in [-0.3, -0.25) is 0 Å². The molecule has 0 unspecified atom stereocenters. The summed E-state index contributed by atoms with van der Waals surface area (Å²) in [5.74, 6) is -0.832. The van der Waals surface area contributed by atoms with Crippen molar-refractivity contribution < 1.29 is 19.0 Å². The first-order valence-corrected chi connectivity index (χ1v) is 9.99. The molecule has 5 nitrogen and oxygen atoms in total. The summed E-state index contributed by atoms with van der Waals surface area (Å²) in [4.78, 5) is 0. The lowest BCUT2D eigenvalue weighted by atomic mass is 9.79. The first-order chi connectivity index (χ1) is 14.1. The average molecular weight is 394 g/mol. The highest BCUT2D eigenvalue weighted by molar-refractivity contribution is 5.63. The molecular weight excluding hydrogens is 371 g/mol. The monoisotopic (exact) mass is 394 g/mol. The van der Waals surface area contributed by atoms with Gasteiger partial charge in [0, 0.05) is 18.4 Å². The summed E-state index contributed by atoms with van der Waals surface area (Å²) in [5, 5.41) is 16.2. The zero-order valence-electron chi connectivity index (χ0n) is 16.1. The van der Waals surface area contributed by atoms with Gasteiger partial charge >= 0.3 is 0 Å². The zero-order valence-corrected chi connectivity index (χ0v) is 16.1. The van der Waals surface area contributed by atoms with Gasteiger partial charge in [0.05, 0.1) is 30.3 Å². The van der Waals surface area contributed by atoms with E-state index in [4.69, 9.17) is 14.6 Å². The number of hydrogen-bond donors (Lipinski definition) is 1. The molecule has 1 aliphatic carbocycles. The van der Waals surface area contributed by atoms with Gasteiger partial charge < -0.3 is 14.6 Å². The number of ether oxygens (including phenoxy) is 2. The van der Waals surface area contributed by atoms with Crippen LogP contribution in [0.3, 0.4) is 0 Å². The lowest BCUT2D eigenvalue weighted by molar-refractivity contribution is -0.204. The summed E-state index contributed by atoms with van der Waals surface area (Å²) in [7, 11) is 0. The second-order valence-electron chi connectivity index (χ2n) is 7.81. The van der Waals surface area contributed by atoms with Gasteiger partial charge in [0.15, 0.2) is 5.79 Å². The number of aliphatic hydroxyl groups is 1. The Labute approximate surface area is 168 Å². The van der Waals surface area contributed by atoms with Crippen LogP contribution in [0.5, 0.6) is 0 Å². The van der Waals surface area contributed by atoms with Crippen molar-refractivity contribution in [3.05, 3.63) is 72.2 Å². The van der Waals surface area contributed by atoms with E-state index in [-0.39, 0.29) is 5.82 Å². The van der Waals surface area contributed by atoms with Crippen LogP contribution in [-0.2, 0) is 15.1 Å². The SMILES string of the molecule is OC1(c2cc(-c3ccc(F)cc3)n(-c3ccccc3)n2)CCC2(CC1)OCCO2. The molecule has 2 aromatic carbocycles. The highest BCUT2D eigenvalue weighted by Crippen LogP contribution is 2.45. The summed E-state index contributed by atoms with van der Waals surface area (Å²) >= 11 is 0. The molecule has 2 aliphatic rings. The molecule has 1 N–H and O–H groups in total. The van der Waals surface area contributed by atoms with E-state index in [2.05, 4.69) is 0 Å². The summed E-state index contributed by atoms with van der Waals surface area (Å²) in [6.07, 6.45) is 2.30. The van der Waals surface area contributed by atoms with E-state index in [1.807, 2.05) is 41.1 Å². The van der Waals surface area contributed by atoms with Crippen LogP contribution in [0.1, 0.15) is 31.4 Å². The molecule has 6 heteroatoms. The lowest BCUT2D eigenvalue weighted by Gasteiger charge is -2.39. The van der Waals surface area contributed by atoms with Gasteiger partial charge in [-0.25, -0.2) is 9.07 Å². The Hall–Kier alpha value is -2.54. The van der Waals surface area contributed by atoms with Crippen molar-refractivity contribution in [1.82, 2.24) is 9.78 Å². The maximum Gasteiger partial charge on any atom is 0.168 e. The minimum absolute atomic E-state index is 0.285. The Morgan fingerprint density at radius 2 is 1.55 bits per heavy atom. The van der Waals surface area contributed by atoms with E-state index < -0.39 is 11.4 Å². The number of hydrogen-bond acceptors (Lipinski definition) is 4. The highest BCUT2D eigenvalue weighted by atomic mass is 19.1. The molecule has 0 atom stereocenters. The van der Waals surface area contributed by atoms with Crippen LogP contribution in [0, 0.1) is 5.82 Å². The van der Waals surface area contributed by atoms with Crippen LogP contribution in [0.25, 0.3) is 16.9 Å². The van der Waals surface area contributed by atoms with Crippen LogP contribution in [0.4, 0.5) is 4.39 Å². The van der Waals surface area contributed by atoms with Crippen molar-refractivity contribution in [3.63, 3.8) is 0 Å². The van der Waals surface area contributed by atoms with Crippen molar-refractivity contribution >= 4 is 0 Å². The number of rotatable bonds is 3. The predicted octanol–water partition coefficient (Wildman–Crippen LogP) is 4.18. The number of nitrogens with zero attached hydrogens (tertiary/aromatic N) is 2. The number of aromatic nitrogens is 2. The third-order valence-electron chi connectivity index (χ3n) is 5.98. The van der Waals surface area contributed by atoms with Crippen LogP contribution in [0.2, 0.25) is 0 Å². The summed E-state index contributed by atoms with van der Waals surface area (Å²) in [5.41, 5.74) is 2.11. The molecule has 2 heterocycles. The standard InChI is InChI=1S/C23H23FN2O3/c24-18-8-6-17(7-9-18)20-16-21(25-26(20)19-4-2-1-3-5-19)22(27)10-12-23(13-11-22)28-14-15-29-23/h1-9,16,27H,10-15H2. The van der Waals surface area contributed by atoms with Gasteiger partial charge in [-0.1, -0.05) is 18.2 Å². The Kier molecular flexibility index (Phi) is 4.50. The Balaban J connectivity index is 1.53. The molecule has 150 valence electrons. The van der Waals surface area contributed by atoms with Crippen molar-refractivity contribution in [2.24, 2.45) is 0 Å². The van der Waals surface area contributed by atoms with Gasteiger partial charge in [0.25, 0.3) is 0 Å². The van der Waals surface area contributed by atoms with E-state index in [1.54, 1.807) is 12.1 Å². The topological polar surface area (TPSA) is 56.5 Å². The normalized spacial score (nSPS) is 20.2. The second-order valence-corrected chi connectivity index (χ2v) is 7.81. The molecule has 1 spiro atoms. The third-order valence-corrected chi connectivity index (χ3v) is 5.98. The number of para-hydroxylation sites is 1. The molecule has 2 fully saturated rings. The van der Waals surface area contributed by atoms with Crippen LogP contribution in [0.15, 0.2) is 60.7 Å². The van der Waals surface area contributed by atoms with Crippen molar-refractivity contribution in [3.8, 4) is 16.9 Å². The average Bonchev–Trinajstić information content (AvgIpc) is 3.40. The maximum absolute atomic E-state index is 13.4. The first-order valence-electron chi connectivity index (χ1n) is 9.99. The Morgan fingerprint density at radius 1 is 0.897 bits per heavy atom. The second kappa shape index (κ2) is 7.06. The number of halogens is 1. The Morgan fingerprint density at radius 3 is 2.21 bits per heavy atom. The lowest BCUT2D eigenvalue weighted by Crippen LogP contribution is -2.42. The van der Waals surface area contributed by atoms with Gasteiger partial charge in [0.2, 0.25) is 0 Å². The number of benzene rings is 2. The van der Waals surface area contributed by atoms with E-state index in [1.165, 1.54) is 12.1 Å². The Bertz CT molecular complexity index is 985. The highest BCUT2D eigenvalue weighted by Gasteiger charge is 2.47. The summed E-state index contributed by atoms with van der Waals surface area (Å²) in [6.45, 7) is 1.21. The van der Waals surface area contributed by atoms with Crippen LogP contribution in [-0.4, -0.2) is 33.9 Å². The van der Waals surface area contributed by atoms with Gasteiger partial charge in [-0.05, 0) is 55.3 Å². The van der Waals surface area contributed by atoms with E-state index >= 15 is 0 Å². The molecule has 3 aromatic rings. The smallest absolute Gasteiger partial charge is 0.168 e. The van der Waals surface area contributed by atoms with Crippen LogP contribution >= 0.6 is 0 Å². The van der Waals surface area contributed by atoms with Crippen molar-refractivity contribution in [1.29, 1.82) is 0 Å². The summed E-state index contributed by atoms with van der Waals surface area (Å²) < 4.78 is 26.8. The van der Waals surface area contributed by atoms with Gasteiger partial charge in [0.1, 0.15) is 11.4 Å². The molecule has 0 bridgehead atoms. The first kappa shape index (κ1) is 18.5. The molecule has 1 saturated heterocycles. The van der Waals surface area contributed by atoms with Crippen molar-refractivity contribution in [2.75, 3.05) is 13.2 Å². The fourth-order valence-electron chi connectivity index (χ4n) is 4.29. The molecule has 1 saturated carbocycles. The third kappa shape index (κ3) is 3.37. The van der Waals surface area contributed by atoms with E-state index in [0.29, 0.717) is 44.6 Å². The van der Waals surface area contributed by atoms with E-state index in [9.17, 15) is 9.50 Å². The van der Waals surface area contributed by atoms with Crippen LogP contribution < -0.4 is 0 Å². The molecule has 29 heavy (non-hydrogen) atoms. The molecular formula is C23H23FN2O3. The zero-order chi connectivity index (χ0) is 19.9. The maximum atomic E-state index is 13.4. The van der Waals surface area contributed by atoms with Crippen molar-refractivity contribution in [2.45, 2.75) is 37.1 Å². The largest absolute Gasteiger partial charge is 0.383 e. The fourth-order valence-corrected chi connectivity index (χ4v) is 4.29. The predicted molar refractivity (Wildman–Crippen MR) is 106 cm³/mol. The molecule has 5 rings (SSSR count). The van der Waals surface area contributed by atoms with Gasteiger partial charge in [-0.2, -0.15) is 5.10 Å². The molecule has 1 aliphatic heterocycles. The molecule has 0 radical (unpaired) electrons. The quantitative estimate of drug-likeness (QED) is 0.724. The van der Waals surface area contributed by atoms with Gasteiger partial charge in [-0.15, -0.1) is 0 Å². The minimum Gasteiger partial charge on any atom is -0.383 e. The van der Waals surface area contributed by atoms with E-state index in [0.717, 1.165) is 16.9 Å². The minimum atomic E-state index is -1.05. The summed E-state index contributed by atoms with van der Waals surface area (Å²) in [6, 6.07) is 18.0. The molecule has 1 aromatic heterocycles. The molecule has 0 amide bonds.